The van der Waals surface area contributed by atoms with Crippen molar-refractivity contribution in [2.75, 3.05) is 18.4 Å². The topological polar surface area (TPSA) is 49.8 Å². The van der Waals surface area contributed by atoms with Gasteiger partial charge in [-0.15, -0.1) is 0 Å². The van der Waals surface area contributed by atoms with Gasteiger partial charge in [0.05, 0.1) is 0 Å². The van der Waals surface area contributed by atoms with Crippen molar-refractivity contribution in [1.82, 2.24) is 15.3 Å². The van der Waals surface area contributed by atoms with Crippen molar-refractivity contribution in [3.05, 3.63) is 42.2 Å². The summed E-state index contributed by atoms with van der Waals surface area (Å²) in [5.74, 6) is 0.719. The third-order valence-electron chi connectivity index (χ3n) is 3.74. The summed E-state index contributed by atoms with van der Waals surface area (Å²) in [5, 5.41) is 6.77. The van der Waals surface area contributed by atoms with Crippen LogP contribution in [-0.2, 0) is 0 Å². The van der Waals surface area contributed by atoms with E-state index in [0.29, 0.717) is 6.04 Å². The molecule has 1 fully saturated rings. The molecule has 0 spiro atoms. The van der Waals surface area contributed by atoms with Gasteiger partial charge in [0.25, 0.3) is 0 Å². The number of piperidine rings is 1. The van der Waals surface area contributed by atoms with E-state index in [1.807, 2.05) is 24.5 Å². The van der Waals surface area contributed by atoms with Crippen molar-refractivity contribution in [2.24, 2.45) is 0 Å². The molecule has 104 valence electrons. The second kappa shape index (κ2) is 6.01. The molecule has 0 bridgehead atoms. The van der Waals surface area contributed by atoms with E-state index in [0.717, 1.165) is 24.6 Å². The second-order valence-corrected chi connectivity index (χ2v) is 5.30. The molecule has 4 nitrogen and oxygen atoms in total. The van der Waals surface area contributed by atoms with Gasteiger partial charge in [0, 0.05) is 30.5 Å². The van der Waals surface area contributed by atoms with Crippen LogP contribution in [0.25, 0.3) is 11.1 Å². The zero-order valence-electron chi connectivity index (χ0n) is 11.8. The minimum absolute atomic E-state index is 0.438. The molecule has 0 aliphatic carbocycles. The molecular formula is C16H20N4. The Hall–Kier alpha value is -1.94. The van der Waals surface area contributed by atoms with E-state index in [4.69, 9.17) is 0 Å². The lowest BCUT2D eigenvalue weighted by Crippen LogP contribution is -2.38. The Bertz CT molecular complexity index is 559. The molecule has 0 saturated carbocycles. The first-order valence-corrected chi connectivity index (χ1v) is 7.18. The van der Waals surface area contributed by atoms with Gasteiger partial charge in [-0.2, -0.15) is 0 Å². The van der Waals surface area contributed by atoms with Crippen LogP contribution in [0.2, 0.25) is 0 Å². The smallest absolute Gasteiger partial charge is 0.222 e. The fraction of sp³-hybridized carbons (Fsp3) is 0.375. The monoisotopic (exact) mass is 268 g/mol. The molecule has 2 aromatic rings. The molecule has 2 N–H and O–H groups in total. The number of aryl methyl sites for hydroxylation is 1. The van der Waals surface area contributed by atoms with Crippen LogP contribution in [0, 0.1) is 6.92 Å². The van der Waals surface area contributed by atoms with E-state index in [1.54, 1.807) is 0 Å². The van der Waals surface area contributed by atoms with Gasteiger partial charge in [0.15, 0.2) is 0 Å². The summed E-state index contributed by atoms with van der Waals surface area (Å²) >= 11 is 0. The lowest BCUT2D eigenvalue weighted by Gasteiger charge is -2.23. The van der Waals surface area contributed by atoms with E-state index >= 15 is 0 Å². The van der Waals surface area contributed by atoms with E-state index in [1.165, 1.54) is 24.0 Å². The Balaban J connectivity index is 1.73. The van der Waals surface area contributed by atoms with Crippen molar-refractivity contribution in [3.63, 3.8) is 0 Å². The average Bonchev–Trinajstić information content (AvgIpc) is 2.50. The second-order valence-electron chi connectivity index (χ2n) is 5.30. The summed E-state index contributed by atoms with van der Waals surface area (Å²) in [6, 6.07) is 8.74. The fourth-order valence-corrected chi connectivity index (χ4v) is 2.60. The van der Waals surface area contributed by atoms with Crippen LogP contribution >= 0.6 is 0 Å². The fourth-order valence-electron chi connectivity index (χ4n) is 2.60. The van der Waals surface area contributed by atoms with Gasteiger partial charge in [-0.05, 0) is 37.4 Å². The van der Waals surface area contributed by atoms with Crippen LogP contribution < -0.4 is 10.6 Å². The number of benzene rings is 1. The highest BCUT2D eigenvalue weighted by molar-refractivity contribution is 5.65. The van der Waals surface area contributed by atoms with Crippen LogP contribution in [0.15, 0.2) is 36.7 Å². The highest BCUT2D eigenvalue weighted by Crippen LogP contribution is 2.22. The Labute approximate surface area is 119 Å². The molecule has 1 aliphatic heterocycles. The number of anilines is 1. The Morgan fingerprint density at radius 1 is 1.20 bits per heavy atom. The molecule has 1 aromatic carbocycles. The first kappa shape index (κ1) is 13.1. The van der Waals surface area contributed by atoms with E-state index < -0.39 is 0 Å². The normalized spacial score (nSPS) is 18.8. The maximum Gasteiger partial charge on any atom is 0.222 e. The van der Waals surface area contributed by atoms with Gasteiger partial charge < -0.3 is 10.6 Å². The summed E-state index contributed by atoms with van der Waals surface area (Å²) in [4.78, 5) is 8.88. The standard InChI is InChI=1S/C16H20N4/c1-12-5-2-3-7-15(12)13-9-18-16(19-10-13)20-14-6-4-8-17-11-14/h2-3,5,7,9-10,14,17H,4,6,8,11H2,1H3,(H,18,19,20). The van der Waals surface area contributed by atoms with Crippen LogP contribution in [0.5, 0.6) is 0 Å². The van der Waals surface area contributed by atoms with Gasteiger partial charge in [0.1, 0.15) is 0 Å². The lowest BCUT2D eigenvalue weighted by atomic mass is 10.0. The minimum Gasteiger partial charge on any atom is -0.350 e. The van der Waals surface area contributed by atoms with Gasteiger partial charge in [-0.3, -0.25) is 0 Å². The summed E-state index contributed by atoms with van der Waals surface area (Å²) in [7, 11) is 0. The molecule has 1 aromatic heterocycles. The Morgan fingerprint density at radius 3 is 2.70 bits per heavy atom. The Morgan fingerprint density at radius 2 is 2.00 bits per heavy atom. The molecule has 0 amide bonds. The molecule has 2 heterocycles. The summed E-state index contributed by atoms with van der Waals surface area (Å²) in [6.45, 7) is 4.21. The summed E-state index contributed by atoms with van der Waals surface area (Å²) < 4.78 is 0. The average molecular weight is 268 g/mol. The first-order chi connectivity index (χ1) is 9.83. The van der Waals surface area contributed by atoms with E-state index in [2.05, 4.69) is 39.7 Å². The third kappa shape index (κ3) is 2.96. The number of hydrogen-bond acceptors (Lipinski definition) is 4. The van der Waals surface area contributed by atoms with Crippen molar-refractivity contribution >= 4 is 5.95 Å². The lowest BCUT2D eigenvalue weighted by molar-refractivity contribution is 0.478. The number of nitrogens with zero attached hydrogens (tertiary/aromatic N) is 2. The molecule has 20 heavy (non-hydrogen) atoms. The largest absolute Gasteiger partial charge is 0.350 e. The SMILES string of the molecule is Cc1ccccc1-c1cnc(NC2CCCNC2)nc1. The predicted molar refractivity (Wildman–Crippen MR) is 81.7 cm³/mol. The number of nitrogens with one attached hydrogen (secondary N) is 2. The summed E-state index contributed by atoms with van der Waals surface area (Å²) in [5.41, 5.74) is 3.50. The van der Waals surface area contributed by atoms with Gasteiger partial charge in [-0.1, -0.05) is 24.3 Å². The molecular weight excluding hydrogens is 248 g/mol. The number of rotatable bonds is 3. The molecule has 3 rings (SSSR count). The summed E-state index contributed by atoms with van der Waals surface area (Å²) in [6.07, 6.45) is 6.18. The Kier molecular flexibility index (Phi) is 3.92. The van der Waals surface area contributed by atoms with Crippen LogP contribution in [0.3, 0.4) is 0 Å². The van der Waals surface area contributed by atoms with E-state index in [-0.39, 0.29) is 0 Å². The number of aromatic nitrogens is 2. The highest BCUT2D eigenvalue weighted by atomic mass is 15.1. The van der Waals surface area contributed by atoms with Gasteiger partial charge in [-0.25, -0.2) is 9.97 Å². The van der Waals surface area contributed by atoms with Crippen LogP contribution in [-0.4, -0.2) is 29.1 Å². The van der Waals surface area contributed by atoms with Gasteiger partial charge in [0.2, 0.25) is 5.95 Å². The van der Waals surface area contributed by atoms with Crippen molar-refractivity contribution < 1.29 is 0 Å². The van der Waals surface area contributed by atoms with E-state index in [9.17, 15) is 0 Å². The molecule has 4 heteroatoms. The molecule has 0 radical (unpaired) electrons. The number of hydrogen-bond donors (Lipinski definition) is 2. The molecule has 1 aliphatic rings. The first-order valence-electron chi connectivity index (χ1n) is 7.18. The minimum atomic E-state index is 0.438. The predicted octanol–water partition coefficient (Wildman–Crippen LogP) is 2.62. The quantitative estimate of drug-likeness (QED) is 0.898. The maximum atomic E-state index is 4.44. The maximum absolute atomic E-state index is 4.44. The van der Waals surface area contributed by atoms with Crippen molar-refractivity contribution in [2.45, 2.75) is 25.8 Å². The molecule has 1 unspecified atom stereocenters. The van der Waals surface area contributed by atoms with Crippen LogP contribution in [0.1, 0.15) is 18.4 Å². The molecule has 1 saturated heterocycles. The zero-order chi connectivity index (χ0) is 13.8. The van der Waals surface area contributed by atoms with Crippen molar-refractivity contribution in [1.29, 1.82) is 0 Å². The third-order valence-corrected chi connectivity index (χ3v) is 3.74. The highest BCUT2D eigenvalue weighted by Gasteiger charge is 2.13. The van der Waals surface area contributed by atoms with Crippen molar-refractivity contribution in [3.8, 4) is 11.1 Å². The zero-order valence-corrected chi connectivity index (χ0v) is 11.8. The van der Waals surface area contributed by atoms with Crippen LogP contribution in [0.4, 0.5) is 5.95 Å². The molecule has 1 atom stereocenters. The van der Waals surface area contributed by atoms with Gasteiger partial charge >= 0.3 is 0 Å².